The Morgan fingerprint density at radius 1 is 0.650 bits per heavy atom. The molecule has 0 spiro atoms. The van der Waals surface area contributed by atoms with Gasteiger partial charge in [-0.05, 0) is 70.8 Å². The summed E-state index contributed by atoms with van der Waals surface area (Å²) in [6.45, 7) is 11.8. The number of ether oxygens (including phenoxy) is 1. The maximum Gasteiger partial charge on any atom is 0.410 e. The molecule has 5 nitrogen and oxygen atoms in total. The van der Waals surface area contributed by atoms with Gasteiger partial charge in [0.05, 0.1) is 12.2 Å². The average molecular weight is 606 g/mol. The number of rotatable bonds is 28. The highest BCUT2D eigenvalue weighted by molar-refractivity contribution is 7.99. The highest BCUT2D eigenvalue weighted by atomic mass is 32.2. The Morgan fingerprint density at radius 2 is 1.05 bits per heavy atom. The maximum atomic E-state index is 12.8. The first-order chi connectivity index (χ1) is 19.2. The number of unbranched alkanes of at least 4 members (excludes halogenated alkanes) is 12. The lowest BCUT2D eigenvalue weighted by atomic mass is 10.1. The second-order valence-corrected chi connectivity index (χ2v) is 14.8. The zero-order valence-electron chi connectivity index (χ0n) is 27.1. The third kappa shape index (κ3) is 28.0. The molecule has 2 N–H and O–H groups in total. The van der Waals surface area contributed by atoms with Gasteiger partial charge in [-0.2, -0.15) is 23.5 Å². The van der Waals surface area contributed by atoms with Gasteiger partial charge in [-0.25, -0.2) is 4.79 Å². The van der Waals surface area contributed by atoms with Gasteiger partial charge in [-0.15, -0.1) is 0 Å². The van der Waals surface area contributed by atoms with Crippen molar-refractivity contribution < 1.29 is 19.7 Å². The van der Waals surface area contributed by atoms with Crippen LogP contribution >= 0.6 is 23.5 Å². The number of nitrogens with zero attached hydrogens (tertiary/aromatic N) is 1. The van der Waals surface area contributed by atoms with Crippen LogP contribution in [-0.4, -0.2) is 75.1 Å². The van der Waals surface area contributed by atoms with Crippen molar-refractivity contribution >= 4 is 29.6 Å². The SMILES string of the molecule is CCCCCCC(O)CSCCCCCCN(CCCCCCSCC(O)CCCCCC)C(=O)OC(C)(C)C. The second kappa shape index (κ2) is 27.7. The van der Waals surface area contributed by atoms with Gasteiger partial charge in [0.25, 0.3) is 0 Å². The molecule has 0 aliphatic rings. The van der Waals surface area contributed by atoms with Crippen molar-refractivity contribution in [1.82, 2.24) is 4.90 Å². The summed E-state index contributed by atoms with van der Waals surface area (Å²) in [5.41, 5.74) is -0.467. The fourth-order valence-electron chi connectivity index (χ4n) is 4.56. The van der Waals surface area contributed by atoms with Crippen LogP contribution in [0.3, 0.4) is 0 Å². The zero-order valence-corrected chi connectivity index (χ0v) is 28.7. The third-order valence-electron chi connectivity index (χ3n) is 6.99. The minimum absolute atomic E-state index is 0.152. The van der Waals surface area contributed by atoms with Crippen LogP contribution in [0.1, 0.15) is 150 Å². The lowest BCUT2D eigenvalue weighted by Gasteiger charge is -2.27. The highest BCUT2D eigenvalue weighted by Crippen LogP contribution is 2.16. The number of hydrogen-bond donors (Lipinski definition) is 2. The molecule has 0 rings (SSSR count). The van der Waals surface area contributed by atoms with E-state index in [0.717, 1.165) is 87.5 Å². The van der Waals surface area contributed by atoms with Crippen LogP contribution in [0.2, 0.25) is 0 Å². The molecule has 0 bridgehead atoms. The van der Waals surface area contributed by atoms with E-state index < -0.39 is 5.60 Å². The van der Waals surface area contributed by atoms with Crippen molar-refractivity contribution in [2.24, 2.45) is 0 Å². The normalized spacial score (nSPS) is 13.4. The molecule has 2 unspecified atom stereocenters. The van der Waals surface area contributed by atoms with Crippen molar-refractivity contribution in [1.29, 1.82) is 0 Å². The standard InChI is InChI=1S/C33H67NO4S2/c1-6-8-10-16-22-30(35)28-39-26-20-14-12-18-24-34(32(37)38-33(3,4)5)25-19-13-15-21-27-40-29-31(36)23-17-11-9-7-2/h30-31,35-36H,6-29H2,1-5H3. The van der Waals surface area contributed by atoms with E-state index in [1.54, 1.807) is 0 Å². The topological polar surface area (TPSA) is 70.0 Å². The molecule has 0 saturated carbocycles. The van der Waals surface area contributed by atoms with Gasteiger partial charge in [-0.1, -0.05) is 90.9 Å². The van der Waals surface area contributed by atoms with Crippen molar-refractivity contribution in [2.45, 2.75) is 168 Å². The van der Waals surface area contributed by atoms with Gasteiger partial charge < -0.3 is 19.8 Å². The number of aliphatic hydroxyl groups is 2. The Hall–Kier alpha value is -0.110. The zero-order chi connectivity index (χ0) is 29.9. The molecule has 0 radical (unpaired) electrons. The Labute approximate surface area is 257 Å². The first kappa shape index (κ1) is 39.9. The van der Waals surface area contributed by atoms with E-state index in [1.165, 1.54) is 64.2 Å². The number of thioether (sulfide) groups is 2. The quantitative estimate of drug-likeness (QED) is 0.0866. The van der Waals surface area contributed by atoms with Gasteiger partial charge in [0.1, 0.15) is 5.60 Å². The predicted octanol–water partition coefficient (Wildman–Crippen LogP) is 9.47. The molecule has 40 heavy (non-hydrogen) atoms. The number of carbonyl (C=O) groups excluding carboxylic acids is 1. The van der Waals surface area contributed by atoms with Crippen molar-refractivity contribution in [3.05, 3.63) is 0 Å². The molecule has 0 aromatic rings. The molecule has 2 atom stereocenters. The fraction of sp³-hybridized carbons (Fsp3) is 0.970. The van der Waals surface area contributed by atoms with Crippen LogP contribution in [0.5, 0.6) is 0 Å². The van der Waals surface area contributed by atoms with E-state index in [1.807, 2.05) is 49.2 Å². The number of amides is 1. The van der Waals surface area contributed by atoms with Crippen LogP contribution in [0, 0.1) is 0 Å². The van der Waals surface area contributed by atoms with Crippen LogP contribution in [0.4, 0.5) is 4.79 Å². The lowest BCUT2D eigenvalue weighted by molar-refractivity contribution is 0.0243. The number of aliphatic hydroxyl groups excluding tert-OH is 2. The van der Waals surface area contributed by atoms with E-state index in [9.17, 15) is 15.0 Å². The summed E-state index contributed by atoms with van der Waals surface area (Å²) >= 11 is 3.76. The Kier molecular flexibility index (Phi) is 27.6. The molecule has 0 heterocycles. The summed E-state index contributed by atoms with van der Waals surface area (Å²) < 4.78 is 5.68. The van der Waals surface area contributed by atoms with Crippen molar-refractivity contribution in [3.8, 4) is 0 Å². The van der Waals surface area contributed by atoms with Crippen LogP contribution in [-0.2, 0) is 4.74 Å². The van der Waals surface area contributed by atoms with Gasteiger partial charge in [0.15, 0.2) is 0 Å². The monoisotopic (exact) mass is 605 g/mol. The molecule has 240 valence electrons. The summed E-state index contributed by atoms with van der Waals surface area (Å²) in [6, 6.07) is 0. The molecule has 7 heteroatoms. The molecular formula is C33H67NO4S2. The maximum absolute atomic E-state index is 12.8. The second-order valence-electron chi connectivity index (χ2n) is 12.5. The van der Waals surface area contributed by atoms with E-state index in [4.69, 9.17) is 4.74 Å². The third-order valence-corrected chi connectivity index (χ3v) is 9.38. The van der Waals surface area contributed by atoms with Crippen LogP contribution < -0.4 is 0 Å². The van der Waals surface area contributed by atoms with Gasteiger partial charge in [0, 0.05) is 24.6 Å². The summed E-state index contributed by atoms with van der Waals surface area (Å²) in [4.78, 5) is 14.7. The van der Waals surface area contributed by atoms with Crippen LogP contribution in [0.15, 0.2) is 0 Å². The lowest BCUT2D eigenvalue weighted by Crippen LogP contribution is -2.38. The summed E-state index contributed by atoms with van der Waals surface area (Å²) in [7, 11) is 0. The Balaban J connectivity index is 3.99. The summed E-state index contributed by atoms with van der Waals surface area (Å²) in [5, 5.41) is 20.2. The van der Waals surface area contributed by atoms with E-state index >= 15 is 0 Å². The summed E-state index contributed by atoms with van der Waals surface area (Å²) in [6.07, 6.45) is 20.2. The molecule has 0 aromatic heterocycles. The first-order valence-electron chi connectivity index (χ1n) is 16.7. The smallest absolute Gasteiger partial charge is 0.410 e. The number of hydrogen-bond acceptors (Lipinski definition) is 6. The first-order valence-corrected chi connectivity index (χ1v) is 19.0. The van der Waals surface area contributed by atoms with E-state index in [2.05, 4.69) is 13.8 Å². The van der Waals surface area contributed by atoms with Gasteiger partial charge in [-0.3, -0.25) is 0 Å². The molecule has 0 saturated heterocycles. The van der Waals surface area contributed by atoms with Gasteiger partial charge >= 0.3 is 6.09 Å². The minimum atomic E-state index is -0.467. The van der Waals surface area contributed by atoms with Crippen LogP contribution in [0.25, 0.3) is 0 Å². The molecule has 0 aliphatic heterocycles. The molecular weight excluding hydrogens is 539 g/mol. The van der Waals surface area contributed by atoms with E-state index in [0.29, 0.717) is 0 Å². The minimum Gasteiger partial charge on any atom is -0.444 e. The van der Waals surface area contributed by atoms with Gasteiger partial charge in [0.2, 0.25) is 0 Å². The molecule has 0 aliphatic carbocycles. The van der Waals surface area contributed by atoms with Crippen molar-refractivity contribution in [2.75, 3.05) is 36.1 Å². The average Bonchev–Trinajstić information content (AvgIpc) is 2.89. The number of carbonyl (C=O) groups is 1. The Bertz CT molecular complexity index is 525. The molecule has 0 fully saturated rings. The molecule has 1 amide bonds. The van der Waals surface area contributed by atoms with Crippen molar-refractivity contribution in [3.63, 3.8) is 0 Å². The predicted molar refractivity (Wildman–Crippen MR) is 179 cm³/mol. The Morgan fingerprint density at radius 3 is 1.45 bits per heavy atom. The molecule has 0 aromatic carbocycles. The highest BCUT2D eigenvalue weighted by Gasteiger charge is 2.21. The van der Waals surface area contributed by atoms with E-state index in [-0.39, 0.29) is 18.3 Å². The summed E-state index contributed by atoms with van der Waals surface area (Å²) in [5.74, 6) is 3.94. The fourth-order valence-corrected chi connectivity index (χ4v) is 6.59. The largest absolute Gasteiger partial charge is 0.444 e.